The summed E-state index contributed by atoms with van der Waals surface area (Å²) in [6.07, 6.45) is 1.94. The van der Waals surface area contributed by atoms with Crippen LogP contribution in [0.5, 0.6) is 0 Å². The molecule has 6 nitrogen and oxygen atoms in total. The van der Waals surface area contributed by atoms with Crippen molar-refractivity contribution in [2.45, 2.75) is 40.2 Å². The van der Waals surface area contributed by atoms with E-state index in [2.05, 4.69) is 11.4 Å². The molecule has 3 aromatic rings. The van der Waals surface area contributed by atoms with Crippen LogP contribution in [0, 0.1) is 20.8 Å². The number of rotatable bonds is 5. The summed E-state index contributed by atoms with van der Waals surface area (Å²) < 4.78 is 1.89. The van der Waals surface area contributed by atoms with Gasteiger partial charge in [-0.2, -0.15) is 0 Å². The van der Waals surface area contributed by atoms with Crippen molar-refractivity contribution in [3.8, 4) is 11.3 Å². The normalized spacial score (nSPS) is 12.1. The van der Waals surface area contributed by atoms with Crippen LogP contribution in [0.25, 0.3) is 16.9 Å². The maximum Gasteiger partial charge on any atom is 0.325 e. The van der Waals surface area contributed by atoms with Crippen molar-refractivity contribution in [1.29, 1.82) is 0 Å². The molecule has 27 heavy (non-hydrogen) atoms. The SMILES string of the molecule is Cc1ccn2c(CC(=O)NC(C)C(=O)O)c(-c3ccc(C)c(C)c3)nc2c1. The predicted octanol–water partition coefficient (Wildman–Crippen LogP) is 3.06. The largest absolute Gasteiger partial charge is 0.480 e. The van der Waals surface area contributed by atoms with E-state index in [-0.39, 0.29) is 12.3 Å². The summed E-state index contributed by atoms with van der Waals surface area (Å²) in [6, 6.07) is 9.08. The Hall–Kier alpha value is -3.15. The zero-order valence-electron chi connectivity index (χ0n) is 15.9. The summed E-state index contributed by atoms with van der Waals surface area (Å²) >= 11 is 0. The first-order valence-corrected chi connectivity index (χ1v) is 8.83. The molecule has 140 valence electrons. The van der Waals surface area contributed by atoms with Gasteiger partial charge < -0.3 is 14.8 Å². The van der Waals surface area contributed by atoms with Gasteiger partial charge in [-0.15, -0.1) is 0 Å². The van der Waals surface area contributed by atoms with Crippen molar-refractivity contribution in [2.24, 2.45) is 0 Å². The minimum absolute atomic E-state index is 0.0457. The molecular formula is C21H23N3O3. The number of nitrogens with one attached hydrogen (secondary N) is 1. The quantitative estimate of drug-likeness (QED) is 0.728. The van der Waals surface area contributed by atoms with E-state index in [9.17, 15) is 9.59 Å². The van der Waals surface area contributed by atoms with Gasteiger partial charge >= 0.3 is 5.97 Å². The first kappa shape index (κ1) is 18.6. The Morgan fingerprint density at radius 3 is 2.56 bits per heavy atom. The number of aliphatic carboxylic acids is 1. The number of carboxylic acids is 1. The van der Waals surface area contributed by atoms with Gasteiger partial charge in [0.2, 0.25) is 5.91 Å². The zero-order chi connectivity index (χ0) is 19.7. The second-order valence-electron chi connectivity index (χ2n) is 6.94. The number of benzene rings is 1. The summed E-state index contributed by atoms with van der Waals surface area (Å²) in [6.45, 7) is 7.53. The summed E-state index contributed by atoms with van der Waals surface area (Å²) in [7, 11) is 0. The van der Waals surface area contributed by atoms with Crippen LogP contribution in [0.15, 0.2) is 36.5 Å². The standard InChI is InChI=1S/C21H23N3O3/c1-12-7-8-24-17(11-19(25)22-15(4)21(26)27)20(23-18(24)9-12)16-6-5-13(2)14(3)10-16/h5-10,15H,11H2,1-4H3,(H,22,25)(H,26,27). The Labute approximate surface area is 157 Å². The molecule has 2 heterocycles. The van der Waals surface area contributed by atoms with E-state index >= 15 is 0 Å². The van der Waals surface area contributed by atoms with Gasteiger partial charge in [-0.1, -0.05) is 12.1 Å². The summed E-state index contributed by atoms with van der Waals surface area (Å²) in [4.78, 5) is 28.2. The molecule has 0 aliphatic heterocycles. The fraction of sp³-hybridized carbons (Fsp3) is 0.286. The van der Waals surface area contributed by atoms with Gasteiger partial charge in [0, 0.05) is 11.8 Å². The molecule has 2 N–H and O–H groups in total. The third-order valence-electron chi connectivity index (χ3n) is 4.74. The van der Waals surface area contributed by atoms with Gasteiger partial charge in [0.1, 0.15) is 11.7 Å². The molecule has 0 fully saturated rings. The van der Waals surface area contributed by atoms with Crippen molar-refractivity contribution in [3.63, 3.8) is 0 Å². The van der Waals surface area contributed by atoms with Crippen LogP contribution >= 0.6 is 0 Å². The second-order valence-corrected chi connectivity index (χ2v) is 6.94. The monoisotopic (exact) mass is 365 g/mol. The fourth-order valence-electron chi connectivity index (χ4n) is 2.99. The van der Waals surface area contributed by atoms with E-state index in [1.165, 1.54) is 12.5 Å². The third-order valence-corrected chi connectivity index (χ3v) is 4.74. The molecule has 1 unspecified atom stereocenters. The molecule has 1 aromatic carbocycles. The van der Waals surface area contributed by atoms with Crippen molar-refractivity contribution >= 4 is 17.5 Å². The van der Waals surface area contributed by atoms with Gasteiger partial charge in [0.15, 0.2) is 0 Å². The first-order valence-electron chi connectivity index (χ1n) is 8.83. The van der Waals surface area contributed by atoms with Crippen LogP contribution in [-0.2, 0) is 16.0 Å². The van der Waals surface area contributed by atoms with Gasteiger partial charge in [-0.05, 0) is 62.6 Å². The number of amides is 1. The molecule has 2 aromatic heterocycles. The number of aryl methyl sites for hydroxylation is 3. The lowest BCUT2D eigenvalue weighted by Crippen LogP contribution is -2.39. The van der Waals surface area contributed by atoms with E-state index in [1.54, 1.807) is 0 Å². The Balaban J connectivity index is 2.07. The fourth-order valence-corrected chi connectivity index (χ4v) is 2.99. The number of hydrogen-bond acceptors (Lipinski definition) is 3. The number of hydrogen-bond donors (Lipinski definition) is 2. The molecule has 6 heteroatoms. The van der Waals surface area contributed by atoms with E-state index in [1.807, 2.05) is 55.6 Å². The van der Waals surface area contributed by atoms with Crippen molar-refractivity contribution in [3.05, 3.63) is 58.9 Å². The van der Waals surface area contributed by atoms with Crippen molar-refractivity contribution in [1.82, 2.24) is 14.7 Å². The minimum atomic E-state index is -1.06. The molecule has 0 saturated heterocycles. The summed E-state index contributed by atoms with van der Waals surface area (Å²) in [5, 5.41) is 11.5. The van der Waals surface area contributed by atoms with Gasteiger partial charge in [-0.25, -0.2) is 4.98 Å². The highest BCUT2D eigenvalue weighted by Crippen LogP contribution is 2.27. The minimum Gasteiger partial charge on any atom is -0.480 e. The average Bonchev–Trinajstić information content (AvgIpc) is 2.94. The maximum atomic E-state index is 12.4. The number of nitrogens with zero attached hydrogens (tertiary/aromatic N) is 2. The van der Waals surface area contributed by atoms with Gasteiger partial charge in [-0.3, -0.25) is 9.59 Å². The highest BCUT2D eigenvalue weighted by Gasteiger charge is 2.20. The van der Waals surface area contributed by atoms with Crippen LogP contribution in [0.1, 0.15) is 29.3 Å². The lowest BCUT2D eigenvalue weighted by atomic mass is 10.0. The molecule has 1 amide bonds. The van der Waals surface area contributed by atoms with E-state index in [4.69, 9.17) is 10.1 Å². The highest BCUT2D eigenvalue weighted by molar-refractivity contribution is 5.86. The molecule has 1 atom stereocenters. The van der Waals surface area contributed by atoms with Gasteiger partial charge in [0.05, 0.1) is 17.8 Å². The molecule has 0 saturated carbocycles. The number of imidazole rings is 1. The maximum absolute atomic E-state index is 12.4. The average molecular weight is 365 g/mol. The number of carboxylic acid groups (broad SMARTS) is 1. The number of carbonyl (C=O) groups is 2. The topological polar surface area (TPSA) is 83.7 Å². The van der Waals surface area contributed by atoms with Crippen molar-refractivity contribution in [2.75, 3.05) is 0 Å². The number of carbonyl (C=O) groups excluding carboxylic acids is 1. The Kier molecular flexibility index (Phi) is 4.99. The molecule has 0 bridgehead atoms. The van der Waals surface area contributed by atoms with E-state index in [0.29, 0.717) is 0 Å². The Morgan fingerprint density at radius 1 is 1.15 bits per heavy atom. The number of fused-ring (bicyclic) bond motifs is 1. The van der Waals surface area contributed by atoms with E-state index in [0.717, 1.165) is 33.7 Å². The third kappa shape index (κ3) is 3.84. The van der Waals surface area contributed by atoms with Crippen LogP contribution in [0.3, 0.4) is 0 Å². The second kappa shape index (κ2) is 7.23. The predicted molar refractivity (Wildman–Crippen MR) is 104 cm³/mol. The lowest BCUT2D eigenvalue weighted by molar-refractivity contribution is -0.141. The van der Waals surface area contributed by atoms with Crippen LogP contribution in [-0.4, -0.2) is 32.4 Å². The molecule has 0 radical (unpaired) electrons. The molecule has 0 aliphatic carbocycles. The van der Waals surface area contributed by atoms with Crippen LogP contribution < -0.4 is 5.32 Å². The summed E-state index contributed by atoms with van der Waals surface area (Å²) in [5.74, 6) is -1.41. The Bertz CT molecular complexity index is 1040. The smallest absolute Gasteiger partial charge is 0.325 e. The first-order chi connectivity index (χ1) is 12.8. The zero-order valence-corrected chi connectivity index (χ0v) is 15.9. The van der Waals surface area contributed by atoms with E-state index < -0.39 is 12.0 Å². The molecular weight excluding hydrogens is 342 g/mol. The number of aromatic nitrogens is 2. The van der Waals surface area contributed by atoms with Crippen LogP contribution in [0.4, 0.5) is 0 Å². The Morgan fingerprint density at radius 2 is 1.89 bits per heavy atom. The number of pyridine rings is 1. The summed E-state index contributed by atoms with van der Waals surface area (Å²) in [5.41, 5.74) is 6.59. The lowest BCUT2D eigenvalue weighted by Gasteiger charge is -2.11. The molecule has 3 rings (SSSR count). The van der Waals surface area contributed by atoms with Crippen molar-refractivity contribution < 1.29 is 14.7 Å². The molecule has 0 aliphatic rings. The van der Waals surface area contributed by atoms with Gasteiger partial charge in [0.25, 0.3) is 0 Å². The van der Waals surface area contributed by atoms with Crippen LogP contribution in [0.2, 0.25) is 0 Å². The highest BCUT2D eigenvalue weighted by atomic mass is 16.4. The molecule has 0 spiro atoms.